The van der Waals surface area contributed by atoms with Gasteiger partial charge in [0, 0.05) is 13.2 Å². The van der Waals surface area contributed by atoms with E-state index in [2.05, 4.69) is 59.3 Å². The van der Waals surface area contributed by atoms with E-state index in [4.69, 9.17) is 9.47 Å². The third-order valence-electron chi connectivity index (χ3n) is 7.87. The Bertz CT molecular complexity index is 558. The molecule has 0 aromatic heterocycles. The molecule has 1 atom stereocenters. The van der Waals surface area contributed by atoms with E-state index in [-0.39, 0.29) is 30.1 Å². The Morgan fingerprint density at radius 3 is 1.24 bits per heavy atom. The van der Waals surface area contributed by atoms with Crippen LogP contribution in [0.15, 0.2) is 24.3 Å². The number of hydrogen-bond acceptors (Lipinski definition) is 2. The van der Waals surface area contributed by atoms with Crippen molar-refractivity contribution in [2.24, 2.45) is 0 Å². The summed E-state index contributed by atoms with van der Waals surface area (Å²) in [7, 11) is 6.76. The molecule has 0 aliphatic rings. The molecule has 0 unspecified atom stereocenters. The summed E-state index contributed by atoms with van der Waals surface area (Å²) in [4.78, 5) is 0. The number of rotatable bonds is 33. The average molecular weight is 706 g/mol. The highest BCUT2D eigenvalue weighted by Crippen LogP contribution is 2.13. The van der Waals surface area contributed by atoms with Crippen LogP contribution >= 0.6 is 0 Å². The summed E-state index contributed by atoms with van der Waals surface area (Å²) >= 11 is 0. The van der Waals surface area contributed by atoms with Gasteiger partial charge in [-0.15, -0.1) is 0 Å². The second-order valence-corrected chi connectivity index (χ2v) is 13.5. The lowest BCUT2D eigenvalue weighted by Gasteiger charge is -2.29. The normalized spacial score (nSPS) is 12.9. The van der Waals surface area contributed by atoms with Crippen molar-refractivity contribution in [1.29, 1.82) is 0 Å². The van der Waals surface area contributed by atoms with Crippen LogP contribution in [0.25, 0.3) is 0 Å². The van der Waals surface area contributed by atoms with E-state index in [0.29, 0.717) is 0 Å². The Labute approximate surface area is 282 Å². The van der Waals surface area contributed by atoms with Crippen molar-refractivity contribution < 1.29 is 37.9 Å². The first kappa shape index (κ1) is 44.2. The first-order valence-corrected chi connectivity index (χ1v) is 18.3. The maximum atomic E-state index is 6.30. The minimum atomic E-state index is 0. The van der Waals surface area contributed by atoms with Crippen LogP contribution in [-0.2, 0) is 9.47 Å². The van der Waals surface area contributed by atoms with Crippen LogP contribution in [0.1, 0.15) is 168 Å². The minimum Gasteiger partial charge on any atom is -1.00 e. The quantitative estimate of drug-likeness (QED) is 0.0295. The summed E-state index contributed by atoms with van der Waals surface area (Å²) in [5.74, 6) is 0. The van der Waals surface area contributed by atoms with Gasteiger partial charge >= 0.3 is 0 Å². The second kappa shape index (κ2) is 35.6. The SMILES string of the molecule is CCCC/C=C\CCCCCCCCCCOC[C@@H](C[N+](C)(C)C)OCCCCCCCCCC/C=C\CCCC.[I-]. The summed E-state index contributed by atoms with van der Waals surface area (Å²) in [6.07, 6.45) is 41.7. The van der Waals surface area contributed by atoms with Crippen LogP contribution < -0.4 is 24.0 Å². The fourth-order valence-corrected chi connectivity index (χ4v) is 5.30. The molecule has 0 rings (SSSR count). The molecule has 0 amide bonds. The van der Waals surface area contributed by atoms with Crippen molar-refractivity contribution in [2.75, 3.05) is 47.5 Å². The van der Waals surface area contributed by atoms with Gasteiger partial charge in [-0.3, -0.25) is 0 Å². The highest BCUT2D eigenvalue weighted by atomic mass is 127. The van der Waals surface area contributed by atoms with Gasteiger partial charge < -0.3 is 37.9 Å². The number of ether oxygens (including phenoxy) is 2. The maximum Gasteiger partial charge on any atom is 0.130 e. The molecule has 0 saturated carbocycles. The second-order valence-electron chi connectivity index (χ2n) is 13.5. The Morgan fingerprint density at radius 1 is 0.476 bits per heavy atom. The molecule has 0 aromatic rings. The highest BCUT2D eigenvalue weighted by molar-refractivity contribution is 4.81. The minimum absolute atomic E-state index is 0. The topological polar surface area (TPSA) is 18.5 Å². The van der Waals surface area contributed by atoms with Gasteiger partial charge in [0.25, 0.3) is 0 Å². The van der Waals surface area contributed by atoms with Crippen molar-refractivity contribution in [3.8, 4) is 0 Å². The van der Waals surface area contributed by atoms with Gasteiger partial charge in [-0.05, 0) is 51.4 Å². The molecule has 0 aliphatic heterocycles. The average Bonchev–Trinajstić information content (AvgIpc) is 2.94. The standard InChI is InChI=1S/C38H76NO2.HI/c1-6-8-10-12-14-16-18-20-22-24-26-28-30-32-34-40-37-38(36-39(3,4)5)41-35-33-31-29-27-25-23-21-19-17-15-13-11-9-7-2;/h12-15,38H,6-11,16-37H2,1-5H3;1H/q+1;/p-1/b14-12-,15-13-;/t38-;/m1./s1. The fraction of sp³-hybridized carbons (Fsp3) is 0.895. The number of likely N-dealkylation sites (N-methyl/N-ethyl adjacent to an activating group) is 1. The zero-order valence-electron chi connectivity index (χ0n) is 29.3. The van der Waals surface area contributed by atoms with Crippen molar-refractivity contribution >= 4 is 0 Å². The lowest BCUT2D eigenvalue weighted by Crippen LogP contribution is -3.00. The van der Waals surface area contributed by atoms with Crippen molar-refractivity contribution in [1.82, 2.24) is 0 Å². The first-order chi connectivity index (χ1) is 20.0. The molecule has 42 heavy (non-hydrogen) atoms. The van der Waals surface area contributed by atoms with Gasteiger partial charge in [-0.2, -0.15) is 0 Å². The van der Waals surface area contributed by atoms with Gasteiger partial charge in [0.1, 0.15) is 12.6 Å². The van der Waals surface area contributed by atoms with E-state index in [0.717, 1.165) is 30.8 Å². The van der Waals surface area contributed by atoms with Gasteiger partial charge in [-0.25, -0.2) is 0 Å². The number of unbranched alkanes of at least 4 members (excludes halogenated alkanes) is 20. The Hall–Kier alpha value is 0.0900. The van der Waals surface area contributed by atoms with Gasteiger partial charge in [0.05, 0.1) is 27.7 Å². The molecule has 0 bridgehead atoms. The summed E-state index contributed by atoms with van der Waals surface area (Å²) < 4.78 is 13.3. The zero-order chi connectivity index (χ0) is 30.1. The van der Waals surface area contributed by atoms with Gasteiger partial charge in [-0.1, -0.05) is 141 Å². The third kappa shape index (κ3) is 38.1. The Kier molecular flexibility index (Phi) is 37.4. The number of quaternary nitrogens is 1. The number of halogens is 1. The van der Waals surface area contributed by atoms with Crippen LogP contribution in [0.3, 0.4) is 0 Å². The van der Waals surface area contributed by atoms with Crippen LogP contribution in [-0.4, -0.2) is 58.1 Å². The molecule has 0 aromatic carbocycles. The molecule has 0 aliphatic carbocycles. The zero-order valence-corrected chi connectivity index (χ0v) is 31.5. The van der Waals surface area contributed by atoms with Crippen LogP contribution in [0.5, 0.6) is 0 Å². The predicted octanol–water partition coefficient (Wildman–Crippen LogP) is 8.61. The van der Waals surface area contributed by atoms with Crippen molar-refractivity contribution in [2.45, 2.75) is 174 Å². The molecule has 3 nitrogen and oxygen atoms in total. The third-order valence-corrected chi connectivity index (χ3v) is 7.87. The van der Waals surface area contributed by atoms with Crippen molar-refractivity contribution in [3.05, 3.63) is 24.3 Å². The molecule has 0 heterocycles. The molecule has 0 spiro atoms. The largest absolute Gasteiger partial charge is 1.00 e. The number of hydrogen-bond donors (Lipinski definition) is 0. The van der Waals surface area contributed by atoms with E-state index < -0.39 is 0 Å². The lowest BCUT2D eigenvalue weighted by molar-refractivity contribution is -0.873. The van der Waals surface area contributed by atoms with E-state index in [9.17, 15) is 0 Å². The summed E-state index contributed by atoms with van der Waals surface area (Å²) in [5, 5.41) is 0. The molecule has 0 N–H and O–H groups in total. The Morgan fingerprint density at radius 2 is 0.833 bits per heavy atom. The smallest absolute Gasteiger partial charge is 0.130 e. The fourth-order valence-electron chi connectivity index (χ4n) is 5.30. The van der Waals surface area contributed by atoms with Crippen molar-refractivity contribution in [3.63, 3.8) is 0 Å². The number of nitrogens with zero attached hydrogens (tertiary/aromatic N) is 1. The van der Waals surface area contributed by atoms with E-state index in [1.807, 2.05) is 0 Å². The summed E-state index contributed by atoms with van der Waals surface area (Å²) in [6.45, 7) is 8.06. The van der Waals surface area contributed by atoms with Crippen LogP contribution in [0, 0.1) is 0 Å². The molecule has 4 heteroatoms. The monoisotopic (exact) mass is 705 g/mol. The number of allylic oxidation sites excluding steroid dienone is 4. The van der Waals surface area contributed by atoms with E-state index in [1.165, 1.54) is 154 Å². The molecular formula is C38H76INO2. The molecule has 252 valence electrons. The molecular weight excluding hydrogens is 629 g/mol. The molecule has 0 fully saturated rings. The molecule has 0 radical (unpaired) electrons. The first-order valence-electron chi connectivity index (χ1n) is 18.3. The highest BCUT2D eigenvalue weighted by Gasteiger charge is 2.19. The predicted molar refractivity (Wildman–Crippen MR) is 184 cm³/mol. The maximum absolute atomic E-state index is 6.30. The Balaban J connectivity index is 0. The van der Waals surface area contributed by atoms with E-state index in [1.54, 1.807) is 0 Å². The lowest BCUT2D eigenvalue weighted by atomic mass is 10.1. The molecule has 0 saturated heterocycles. The summed E-state index contributed by atoms with van der Waals surface area (Å²) in [5.41, 5.74) is 0. The van der Waals surface area contributed by atoms with Crippen LogP contribution in [0.2, 0.25) is 0 Å². The summed E-state index contributed by atoms with van der Waals surface area (Å²) in [6, 6.07) is 0. The van der Waals surface area contributed by atoms with E-state index >= 15 is 0 Å². The van der Waals surface area contributed by atoms with Gasteiger partial charge in [0.15, 0.2) is 0 Å². The van der Waals surface area contributed by atoms with Gasteiger partial charge in [0.2, 0.25) is 0 Å². The van der Waals surface area contributed by atoms with Crippen LogP contribution in [0.4, 0.5) is 0 Å².